The number of aromatic nitrogens is 1. The lowest BCUT2D eigenvalue weighted by Crippen LogP contribution is -2.15. The summed E-state index contributed by atoms with van der Waals surface area (Å²) in [5.41, 5.74) is 5.45. The lowest BCUT2D eigenvalue weighted by atomic mass is 9.98. The van der Waals surface area contributed by atoms with Crippen molar-refractivity contribution < 1.29 is 9.21 Å². The van der Waals surface area contributed by atoms with E-state index in [0.29, 0.717) is 30.6 Å². The SMILES string of the molecule is Cc1cccc(C(C)C)c1NC(=O)CCc1ncc(-c2ccc(C(C)C)cc2)o1. The summed E-state index contributed by atoms with van der Waals surface area (Å²) in [6.07, 6.45) is 2.53. The predicted molar refractivity (Wildman–Crippen MR) is 118 cm³/mol. The quantitative estimate of drug-likeness (QED) is 0.503. The maximum Gasteiger partial charge on any atom is 0.224 e. The molecule has 1 aromatic heterocycles. The minimum Gasteiger partial charge on any atom is -0.441 e. The summed E-state index contributed by atoms with van der Waals surface area (Å²) in [7, 11) is 0. The van der Waals surface area contributed by atoms with Crippen LogP contribution < -0.4 is 5.32 Å². The monoisotopic (exact) mass is 390 g/mol. The van der Waals surface area contributed by atoms with Crippen LogP contribution in [0.5, 0.6) is 0 Å². The van der Waals surface area contributed by atoms with Gasteiger partial charge in [-0.3, -0.25) is 4.79 Å². The van der Waals surface area contributed by atoms with Crippen LogP contribution >= 0.6 is 0 Å². The molecule has 0 saturated carbocycles. The number of benzene rings is 2. The zero-order valence-corrected chi connectivity index (χ0v) is 18.0. The van der Waals surface area contributed by atoms with Crippen molar-refractivity contribution in [2.45, 2.75) is 59.3 Å². The van der Waals surface area contributed by atoms with Crippen LogP contribution in [0.2, 0.25) is 0 Å². The number of carbonyl (C=O) groups excluding carboxylic acids is 1. The van der Waals surface area contributed by atoms with Gasteiger partial charge in [0.25, 0.3) is 0 Å². The zero-order valence-electron chi connectivity index (χ0n) is 18.0. The molecule has 0 unspecified atom stereocenters. The summed E-state index contributed by atoms with van der Waals surface area (Å²) in [6.45, 7) is 10.6. The highest BCUT2D eigenvalue weighted by atomic mass is 16.4. The number of hydrogen-bond acceptors (Lipinski definition) is 3. The van der Waals surface area contributed by atoms with Crippen LogP contribution in [0.25, 0.3) is 11.3 Å². The Morgan fingerprint density at radius 3 is 2.41 bits per heavy atom. The third-order valence-electron chi connectivity index (χ3n) is 5.17. The maximum absolute atomic E-state index is 12.5. The predicted octanol–water partition coefficient (Wildman–Crippen LogP) is 6.47. The highest BCUT2D eigenvalue weighted by Crippen LogP contribution is 2.28. The van der Waals surface area contributed by atoms with Gasteiger partial charge >= 0.3 is 0 Å². The average molecular weight is 391 g/mol. The molecule has 1 heterocycles. The molecule has 0 spiro atoms. The van der Waals surface area contributed by atoms with Gasteiger partial charge in [-0.2, -0.15) is 0 Å². The first kappa shape index (κ1) is 20.8. The summed E-state index contributed by atoms with van der Waals surface area (Å²) >= 11 is 0. The molecule has 0 bridgehead atoms. The molecule has 0 aliphatic rings. The first-order valence-electron chi connectivity index (χ1n) is 10.3. The Kier molecular flexibility index (Phi) is 6.53. The molecule has 152 valence electrons. The Morgan fingerprint density at radius 1 is 1.03 bits per heavy atom. The highest BCUT2D eigenvalue weighted by molar-refractivity contribution is 5.92. The molecule has 4 nitrogen and oxygen atoms in total. The molecule has 0 aliphatic carbocycles. The molecule has 0 radical (unpaired) electrons. The van der Waals surface area contributed by atoms with E-state index >= 15 is 0 Å². The molecule has 0 saturated heterocycles. The number of nitrogens with zero attached hydrogens (tertiary/aromatic N) is 1. The fourth-order valence-electron chi connectivity index (χ4n) is 3.36. The van der Waals surface area contributed by atoms with Crippen LogP contribution in [0.4, 0.5) is 5.69 Å². The van der Waals surface area contributed by atoms with E-state index < -0.39 is 0 Å². The van der Waals surface area contributed by atoms with Gasteiger partial charge in [-0.05, 0) is 35.4 Å². The average Bonchev–Trinajstić information content (AvgIpc) is 3.17. The minimum atomic E-state index is -0.0257. The normalized spacial score (nSPS) is 11.3. The molecule has 0 atom stereocenters. The number of para-hydroxylation sites is 1. The van der Waals surface area contributed by atoms with Crippen molar-refractivity contribution in [1.82, 2.24) is 4.98 Å². The number of amides is 1. The van der Waals surface area contributed by atoms with Gasteiger partial charge in [0.05, 0.1) is 6.20 Å². The van der Waals surface area contributed by atoms with E-state index in [1.54, 1.807) is 6.20 Å². The molecule has 2 aromatic carbocycles. The minimum absolute atomic E-state index is 0.0257. The standard InChI is InChI=1S/C25H30N2O2/c1-16(2)19-9-11-20(12-10-19)22-15-26-24(29-22)14-13-23(28)27-25-18(5)7-6-8-21(25)17(3)4/h6-12,15-17H,13-14H2,1-5H3,(H,27,28). The van der Waals surface area contributed by atoms with Crippen molar-refractivity contribution in [3.63, 3.8) is 0 Å². The second-order valence-corrected chi connectivity index (χ2v) is 8.14. The van der Waals surface area contributed by atoms with Gasteiger partial charge in [0.15, 0.2) is 11.7 Å². The third kappa shape index (κ3) is 5.14. The molecule has 29 heavy (non-hydrogen) atoms. The molecule has 0 aliphatic heterocycles. The lowest BCUT2D eigenvalue weighted by molar-refractivity contribution is -0.116. The van der Waals surface area contributed by atoms with E-state index in [1.165, 1.54) is 5.56 Å². The largest absolute Gasteiger partial charge is 0.441 e. The number of nitrogens with one attached hydrogen (secondary N) is 1. The summed E-state index contributed by atoms with van der Waals surface area (Å²) in [5.74, 6) is 2.13. The van der Waals surface area contributed by atoms with Gasteiger partial charge in [0, 0.05) is 24.1 Å². The lowest BCUT2D eigenvalue weighted by Gasteiger charge is -2.16. The van der Waals surface area contributed by atoms with Gasteiger partial charge < -0.3 is 9.73 Å². The van der Waals surface area contributed by atoms with Crippen LogP contribution in [0, 0.1) is 6.92 Å². The fourth-order valence-corrected chi connectivity index (χ4v) is 3.36. The van der Waals surface area contributed by atoms with E-state index in [-0.39, 0.29) is 5.91 Å². The molecule has 1 N–H and O–H groups in total. The van der Waals surface area contributed by atoms with E-state index in [4.69, 9.17) is 4.42 Å². The van der Waals surface area contributed by atoms with Crippen molar-refractivity contribution in [3.8, 4) is 11.3 Å². The van der Waals surface area contributed by atoms with Gasteiger partial charge in [0.1, 0.15) is 0 Å². The van der Waals surface area contributed by atoms with Crippen LogP contribution in [-0.4, -0.2) is 10.9 Å². The second-order valence-electron chi connectivity index (χ2n) is 8.14. The van der Waals surface area contributed by atoms with Gasteiger partial charge in [-0.1, -0.05) is 70.2 Å². The van der Waals surface area contributed by atoms with Crippen LogP contribution in [0.1, 0.15) is 68.5 Å². The number of rotatable bonds is 7. The first-order valence-corrected chi connectivity index (χ1v) is 10.3. The number of aryl methyl sites for hydroxylation is 2. The Balaban J connectivity index is 1.62. The Hall–Kier alpha value is -2.88. The van der Waals surface area contributed by atoms with Gasteiger partial charge in [0.2, 0.25) is 5.91 Å². The molecule has 3 rings (SSSR count). The Labute approximate surface area is 173 Å². The first-order chi connectivity index (χ1) is 13.8. The Bertz CT molecular complexity index is 969. The summed E-state index contributed by atoms with van der Waals surface area (Å²) in [5, 5.41) is 3.08. The van der Waals surface area contributed by atoms with E-state index in [9.17, 15) is 4.79 Å². The smallest absolute Gasteiger partial charge is 0.224 e. The third-order valence-corrected chi connectivity index (χ3v) is 5.17. The fraction of sp³-hybridized carbons (Fsp3) is 0.360. The van der Waals surface area contributed by atoms with Crippen molar-refractivity contribution in [3.05, 3.63) is 71.2 Å². The van der Waals surface area contributed by atoms with E-state index in [2.05, 4.69) is 68.3 Å². The van der Waals surface area contributed by atoms with Crippen LogP contribution in [0.3, 0.4) is 0 Å². The molecular weight excluding hydrogens is 360 g/mol. The Morgan fingerprint density at radius 2 is 1.76 bits per heavy atom. The molecular formula is C25H30N2O2. The highest BCUT2D eigenvalue weighted by Gasteiger charge is 2.14. The molecule has 3 aromatic rings. The van der Waals surface area contributed by atoms with Crippen molar-refractivity contribution in [2.24, 2.45) is 0 Å². The van der Waals surface area contributed by atoms with E-state index in [1.807, 2.05) is 19.1 Å². The summed E-state index contributed by atoms with van der Waals surface area (Å²) in [6, 6.07) is 14.5. The van der Waals surface area contributed by atoms with Crippen LogP contribution in [0.15, 0.2) is 53.1 Å². The topological polar surface area (TPSA) is 55.1 Å². The van der Waals surface area contributed by atoms with E-state index in [0.717, 1.165) is 28.1 Å². The second kappa shape index (κ2) is 9.08. The molecule has 0 fully saturated rings. The zero-order chi connectivity index (χ0) is 21.0. The number of hydrogen-bond donors (Lipinski definition) is 1. The molecule has 4 heteroatoms. The van der Waals surface area contributed by atoms with Crippen molar-refractivity contribution in [1.29, 1.82) is 0 Å². The van der Waals surface area contributed by atoms with Gasteiger partial charge in [-0.25, -0.2) is 4.98 Å². The number of carbonyl (C=O) groups is 1. The molecule has 1 amide bonds. The summed E-state index contributed by atoms with van der Waals surface area (Å²) in [4.78, 5) is 16.9. The van der Waals surface area contributed by atoms with Crippen molar-refractivity contribution >= 4 is 11.6 Å². The van der Waals surface area contributed by atoms with Crippen molar-refractivity contribution in [2.75, 3.05) is 5.32 Å². The maximum atomic E-state index is 12.5. The number of oxazole rings is 1. The summed E-state index contributed by atoms with van der Waals surface area (Å²) < 4.78 is 5.87. The van der Waals surface area contributed by atoms with Gasteiger partial charge in [-0.15, -0.1) is 0 Å². The number of anilines is 1. The van der Waals surface area contributed by atoms with Crippen LogP contribution in [-0.2, 0) is 11.2 Å².